The first-order valence-electron chi connectivity index (χ1n) is 3.05. The molecule has 5 heteroatoms. The Morgan fingerprint density at radius 1 is 1.25 bits per heavy atom. The van der Waals surface area contributed by atoms with Crippen LogP contribution in [-0.2, 0) is 0 Å². The van der Waals surface area contributed by atoms with E-state index >= 15 is 0 Å². The maximum atomic E-state index is 10.4. The van der Waals surface area contributed by atoms with Gasteiger partial charge in [0.1, 0.15) is 10.0 Å². The SMILES string of the molecule is O=Cc1cc2c(Cl)c(c1Cl)OO2. The van der Waals surface area contributed by atoms with Gasteiger partial charge in [-0.2, -0.15) is 0 Å². The molecule has 3 nitrogen and oxygen atoms in total. The molecule has 0 spiro atoms. The molecule has 2 rings (SSSR count). The van der Waals surface area contributed by atoms with Gasteiger partial charge in [-0.1, -0.05) is 23.2 Å². The smallest absolute Gasteiger partial charge is 0.220 e. The van der Waals surface area contributed by atoms with Gasteiger partial charge < -0.3 is 0 Å². The minimum Gasteiger partial charge on any atom is -0.298 e. The number of fused-ring (bicyclic) bond motifs is 2. The van der Waals surface area contributed by atoms with Crippen LogP contribution < -0.4 is 9.78 Å². The monoisotopic (exact) mass is 204 g/mol. The largest absolute Gasteiger partial charge is 0.298 e. The van der Waals surface area contributed by atoms with Crippen LogP contribution in [0.3, 0.4) is 0 Å². The number of carbonyl (C=O) groups excluding carboxylic acids is 1. The van der Waals surface area contributed by atoms with E-state index in [0.29, 0.717) is 22.6 Å². The van der Waals surface area contributed by atoms with Crippen molar-refractivity contribution in [2.45, 2.75) is 0 Å². The number of rotatable bonds is 1. The average molecular weight is 205 g/mol. The quantitative estimate of drug-likeness (QED) is 0.521. The minimum atomic E-state index is 0.177. The van der Waals surface area contributed by atoms with E-state index in [1.54, 1.807) is 0 Å². The molecule has 1 heterocycles. The first-order valence-corrected chi connectivity index (χ1v) is 3.81. The molecule has 2 bridgehead atoms. The van der Waals surface area contributed by atoms with Crippen LogP contribution in [0.25, 0.3) is 0 Å². The molecule has 62 valence electrons. The third kappa shape index (κ3) is 0.869. The molecule has 1 aliphatic rings. The molecule has 0 N–H and O–H groups in total. The number of carbonyl (C=O) groups is 1. The van der Waals surface area contributed by atoms with Crippen molar-refractivity contribution < 1.29 is 14.6 Å². The summed E-state index contributed by atoms with van der Waals surface area (Å²) in [5, 5.41) is 0.474. The van der Waals surface area contributed by atoms with E-state index in [1.807, 2.05) is 0 Å². The van der Waals surface area contributed by atoms with Crippen molar-refractivity contribution in [3.8, 4) is 11.5 Å². The van der Waals surface area contributed by atoms with Crippen molar-refractivity contribution in [3.63, 3.8) is 0 Å². The topological polar surface area (TPSA) is 35.5 Å². The molecule has 0 radical (unpaired) electrons. The Kier molecular flexibility index (Phi) is 1.63. The summed E-state index contributed by atoms with van der Waals surface area (Å²) >= 11 is 11.5. The second-order valence-corrected chi connectivity index (χ2v) is 2.96. The third-order valence-corrected chi connectivity index (χ3v) is 2.24. The second-order valence-electron chi connectivity index (χ2n) is 2.21. The molecule has 0 atom stereocenters. The van der Waals surface area contributed by atoms with Crippen molar-refractivity contribution in [1.82, 2.24) is 0 Å². The van der Waals surface area contributed by atoms with Crippen LogP contribution in [0.2, 0.25) is 10.0 Å². The van der Waals surface area contributed by atoms with Crippen molar-refractivity contribution in [1.29, 1.82) is 0 Å². The Bertz CT molecular complexity index is 362. The highest BCUT2D eigenvalue weighted by molar-refractivity contribution is 6.39. The lowest BCUT2D eigenvalue weighted by atomic mass is 10.2. The summed E-state index contributed by atoms with van der Waals surface area (Å²) < 4.78 is 0. The second kappa shape index (κ2) is 2.54. The zero-order valence-electron chi connectivity index (χ0n) is 5.64. The van der Waals surface area contributed by atoms with E-state index in [1.165, 1.54) is 6.07 Å². The number of aldehydes is 1. The molecule has 1 aromatic rings. The van der Waals surface area contributed by atoms with E-state index in [9.17, 15) is 4.79 Å². The van der Waals surface area contributed by atoms with Crippen LogP contribution in [0, 0.1) is 0 Å². The Morgan fingerprint density at radius 2 is 2.00 bits per heavy atom. The van der Waals surface area contributed by atoms with Gasteiger partial charge in [-0.3, -0.25) is 14.6 Å². The van der Waals surface area contributed by atoms with Gasteiger partial charge in [0.25, 0.3) is 0 Å². The fourth-order valence-corrected chi connectivity index (χ4v) is 1.40. The maximum Gasteiger partial charge on any atom is 0.220 e. The van der Waals surface area contributed by atoms with Crippen LogP contribution in [0.15, 0.2) is 6.07 Å². The van der Waals surface area contributed by atoms with Crippen LogP contribution in [-0.4, -0.2) is 6.29 Å². The molecule has 0 aliphatic carbocycles. The Morgan fingerprint density at radius 3 is 2.67 bits per heavy atom. The summed E-state index contributed by atoms with van der Waals surface area (Å²) in [4.78, 5) is 19.8. The molecular weight excluding hydrogens is 203 g/mol. The summed E-state index contributed by atoms with van der Waals surface area (Å²) in [6, 6.07) is 1.42. The van der Waals surface area contributed by atoms with Gasteiger partial charge in [0.2, 0.25) is 11.5 Å². The summed E-state index contributed by atoms with van der Waals surface area (Å²) in [6.07, 6.45) is 0.615. The highest BCUT2D eigenvalue weighted by atomic mass is 35.5. The van der Waals surface area contributed by atoms with Gasteiger partial charge in [-0.25, -0.2) is 0 Å². The van der Waals surface area contributed by atoms with Crippen LogP contribution in [0.5, 0.6) is 11.5 Å². The van der Waals surface area contributed by atoms with E-state index in [0.717, 1.165) is 0 Å². The van der Waals surface area contributed by atoms with Crippen LogP contribution >= 0.6 is 23.2 Å². The van der Waals surface area contributed by atoms with Gasteiger partial charge in [0.05, 0.1) is 0 Å². The van der Waals surface area contributed by atoms with Crippen molar-refractivity contribution >= 4 is 29.5 Å². The third-order valence-electron chi connectivity index (χ3n) is 1.50. The van der Waals surface area contributed by atoms with E-state index in [4.69, 9.17) is 23.2 Å². The highest BCUT2D eigenvalue weighted by Crippen LogP contribution is 2.46. The highest BCUT2D eigenvalue weighted by Gasteiger charge is 2.25. The van der Waals surface area contributed by atoms with Gasteiger partial charge in [0.15, 0.2) is 6.29 Å². The Labute approximate surface area is 77.7 Å². The maximum absolute atomic E-state index is 10.4. The Balaban J connectivity index is 2.74. The first kappa shape index (κ1) is 7.71. The standard InChI is InChI=1S/C7H2Cl2O3/c8-5-3(2-10)1-4-6(9)7(5)12-11-4/h1-2H. The molecule has 1 aromatic carbocycles. The fraction of sp³-hybridized carbons (Fsp3) is 0. The predicted octanol–water partition coefficient (Wildman–Crippen LogP) is 2.49. The molecule has 0 fully saturated rings. The van der Waals surface area contributed by atoms with Crippen LogP contribution in [0.4, 0.5) is 0 Å². The number of hydrogen-bond donors (Lipinski definition) is 0. The van der Waals surface area contributed by atoms with E-state index < -0.39 is 0 Å². The summed E-state index contributed by atoms with van der Waals surface area (Å²) in [5.74, 6) is 0.524. The van der Waals surface area contributed by atoms with Crippen molar-refractivity contribution in [3.05, 3.63) is 21.7 Å². The lowest BCUT2D eigenvalue weighted by Gasteiger charge is -1.94. The molecule has 0 saturated heterocycles. The average Bonchev–Trinajstić information content (AvgIpc) is 2.31. The summed E-state index contributed by atoms with van der Waals surface area (Å²) in [6.45, 7) is 0. The molecule has 0 saturated carbocycles. The van der Waals surface area contributed by atoms with Crippen molar-refractivity contribution in [2.24, 2.45) is 0 Å². The first-order chi connectivity index (χ1) is 5.74. The van der Waals surface area contributed by atoms with Gasteiger partial charge >= 0.3 is 0 Å². The number of halogens is 2. The van der Waals surface area contributed by atoms with Crippen molar-refractivity contribution in [2.75, 3.05) is 0 Å². The van der Waals surface area contributed by atoms with Gasteiger partial charge in [0, 0.05) is 5.56 Å². The lowest BCUT2D eigenvalue weighted by molar-refractivity contribution is -0.0846. The summed E-state index contributed by atoms with van der Waals surface area (Å²) in [7, 11) is 0. The zero-order chi connectivity index (χ0) is 8.72. The summed E-state index contributed by atoms with van der Waals surface area (Å²) in [5.41, 5.74) is 0.309. The molecular formula is C7H2Cl2O3. The number of hydrogen-bond acceptors (Lipinski definition) is 3. The molecule has 12 heavy (non-hydrogen) atoms. The van der Waals surface area contributed by atoms with E-state index in [2.05, 4.69) is 9.78 Å². The minimum absolute atomic E-state index is 0.177. The predicted molar refractivity (Wildman–Crippen MR) is 43.1 cm³/mol. The normalized spacial score (nSPS) is 12.2. The van der Waals surface area contributed by atoms with Gasteiger partial charge in [-0.05, 0) is 6.07 Å². The molecule has 1 aliphatic heterocycles. The van der Waals surface area contributed by atoms with E-state index in [-0.39, 0.29) is 10.8 Å². The molecule has 0 unspecified atom stereocenters. The molecule has 0 aromatic heterocycles. The lowest BCUT2D eigenvalue weighted by Crippen LogP contribution is -1.90. The Hall–Kier alpha value is -0.930. The van der Waals surface area contributed by atoms with Crippen LogP contribution in [0.1, 0.15) is 10.4 Å². The zero-order valence-corrected chi connectivity index (χ0v) is 7.15. The fourth-order valence-electron chi connectivity index (χ4n) is 0.913. The van der Waals surface area contributed by atoms with Gasteiger partial charge in [-0.15, -0.1) is 0 Å². The number of benzene rings is 1. The molecule has 0 amide bonds.